The molecular weight excluding hydrogens is 266 g/mol. The lowest BCUT2D eigenvalue weighted by molar-refractivity contribution is 0.827. The molecule has 0 saturated heterocycles. The van der Waals surface area contributed by atoms with Crippen molar-refractivity contribution in [1.82, 2.24) is 19.9 Å². The zero-order valence-corrected chi connectivity index (χ0v) is 12.5. The molecule has 2 rings (SSSR count). The van der Waals surface area contributed by atoms with Gasteiger partial charge in [-0.1, -0.05) is 13.3 Å². The van der Waals surface area contributed by atoms with E-state index in [4.69, 9.17) is 5.73 Å². The summed E-state index contributed by atoms with van der Waals surface area (Å²) < 4.78 is 0. The van der Waals surface area contributed by atoms with Crippen LogP contribution < -0.4 is 16.0 Å². The van der Waals surface area contributed by atoms with Gasteiger partial charge in [0.15, 0.2) is 0 Å². The average molecular weight is 287 g/mol. The summed E-state index contributed by atoms with van der Waals surface area (Å²) in [5.41, 5.74) is 6.65. The number of hydrogen-bond donors (Lipinski definition) is 2. The van der Waals surface area contributed by atoms with Gasteiger partial charge in [-0.05, 0) is 6.42 Å². The van der Waals surface area contributed by atoms with E-state index in [-0.39, 0.29) is 5.95 Å². The van der Waals surface area contributed by atoms with Gasteiger partial charge in [0.2, 0.25) is 5.95 Å². The largest absolute Gasteiger partial charge is 0.370 e. The molecule has 7 nitrogen and oxygen atoms in total. The Morgan fingerprint density at radius 2 is 2.14 bits per heavy atom. The van der Waals surface area contributed by atoms with E-state index in [0.29, 0.717) is 6.54 Å². The quantitative estimate of drug-likeness (QED) is 0.748. The number of nitrogen functional groups attached to an aromatic ring is 1. The lowest BCUT2D eigenvalue weighted by atomic mass is 10.3. The fourth-order valence-electron chi connectivity index (χ4n) is 1.87. The highest BCUT2D eigenvalue weighted by Gasteiger charge is 2.08. The average Bonchev–Trinajstić information content (AvgIpc) is 2.48. The SMILES string of the molecule is CCCCNc1cc(N(C)Cc2cnccn2)nc(N)n1. The maximum atomic E-state index is 5.78. The summed E-state index contributed by atoms with van der Waals surface area (Å²) in [6.45, 7) is 3.63. The summed E-state index contributed by atoms with van der Waals surface area (Å²) in [6.07, 6.45) is 7.29. The number of nitrogens with one attached hydrogen (secondary N) is 1. The Morgan fingerprint density at radius 3 is 2.86 bits per heavy atom. The molecule has 0 saturated carbocycles. The second kappa shape index (κ2) is 7.37. The summed E-state index contributed by atoms with van der Waals surface area (Å²) in [5, 5.41) is 3.26. The summed E-state index contributed by atoms with van der Waals surface area (Å²) in [6, 6.07) is 1.89. The van der Waals surface area contributed by atoms with E-state index >= 15 is 0 Å². The smallest absolute Gasteiger partial charge is 0.223 e. The van der Waals surface area contributed by atoms with E-state index in [1.165, 1.54) is 0 Å². The Hall–Kier alpha value is -2.44. The van der Waals surface area contributed by atoms with Crippen molar-refractivity contribution in [2.75, 3.05) is 29.5 Å². The summed E-state index contributed by atoms with van der Waals surface area (Å²) in [5.74, 6) is 1.77. The first-order valence-corrected chi connectivity index (χ1v) is 7.03. The molecule has 0 amide bonds. The minimum absolute atomic E-state index is 0.262. The molecule has 112 valence electrons. The number of nitrogens with zero attached hydrogens (tertiary/aromatic N) is 5. The highest BCUT2D eigenvalue weighted by atomic mass is 15.2. The molecule has 0 aliphatic carbocycles. The van der Waals surface area contributed by atoms with Gasteiger partial charge in [0, 0.05) is 32.1 Å². The molecule has 3 N–H and O–H groups in total. The Bertz CT molecular complexity index is 559. The van der Waals surface area contributed by atoms with Crippen molar-refractivity contribution in [3.8, 4) is 0 Å². The number of unbranched alkanes of at least 4 members (excludes halogenated alkanes) is 1. The van der Waals surface area contributed by atoms with Crippen molar-refractivity contribution in [2.45, 2.75) is 26.3 Å². The van der Waals surface area contributed by atoms with E-state index in [1.807, 2.05) is 18.0 Å². The number of aromatic nitrogens is 4. The van der Waals surface area contributed by atoms with E-state index in [1.54, 1.807) is 18.6 Å². The fourth-order valence-corrected chi connectivity index (χ4v) is 1.87. The van der Waals surface area contributed by atoms with Crippen molar-refractivity contribution in [3.63, 3.8) is 0 Å². The van der Waals surface area contributed by atoms with Crippen LogP contribution in [0.15, 0.2) is 24.7 Å². The van der Waals surface area contributed by atoms with Crippen molar-refractivity contribution in [1.29, 1.82) is 0 Å². The van der Waals surface area contributed by atoms with Crippen molar-refractivity contribution >= 4 is 17.6 Å². The standard InChI is InChI=1S/C14H21N7/c1-3-4-5-18-12-8-13(20-14(15)19-12)21(2)10-11-9-16-6-7-17-11/h6-9H,3-5,10H2,1-2H3,(H3,15,18,19,20). The maximum Gasteiger partial charge on any atom is 0.223 e. The van der Waals surface area contributed by atoms with E-state index < -0.39 is 0 Å². The van der Waals surface area contributed by atoms with Gasteiger partial charge in [-0.3, -0.25) is 9.97 Å². The van der Waals surface area contributed by atoms with Crippen LogP contribution >= 0.6 is 0 Å². The normalized spacial score (nSPS) is 10.4. The molecule has 0 atom stereocenters. The van der Waals surface area contributed by atoms with Crippen LogP contribution in [0, 0.1) is 0 Å². The van der Waals surface area contributed by atoms with Crippen LogP contribution in [0.5, 0.6) is 0 Å². The highest BCUT2D eigenvalue weighted by molar-refractivity contribution is 5.52. The van der Waals surface area contributed by atoms with Crippen LogP contribution in [0.1, 0.15) is 25.5 Å². The zero-order chi connectivity index (χ0) is 15.1. The third-order valence-electron chi connectivity index (χ3n) is 2.97. The first-order valence-electron chi connectivity index (χ1n) is 7.03. The van der Waals surface area contributed by atoms with Gasteiger partial charge in [-0.2, -0.15) is 9.97 Å². The Labute approximate surface area is 124 Å². The van der Waals surface area contributed by atoms with Crippen LogP contribution in [-0.2, 0) is 6.54 Å². The van der Waals surface area contributed by atoms with Gasteiger partial charge in [-0.15, -0.1) is 0 Å². The monoisotopic (exact) mass is 287 g/mol. The molecule has 0 aliphatic heterocycles. The number of rotatable bonds is 7. The molecule has 0 radical (unpaired) electrons. The van der Waals surface area contributed by atoms with Crippen LogP contribution in [0.25, 0.3) is 0 Å². The molecule has 0 aliphatic rings. The summed E-state index contributed by atoms with van der Waals surface area (Å²) in [7, 11) is 1.94. The molecule has 0 aromatic carbocycles. The number of anilines is 3. The summed E-state index contributed by atoms with van der Waals surface area (Å²) in [4.78, 5) is 18.7. The first-order chi connectivity index (χ1) is 10.2. The third-order valence-corrected chi connectivity index (χ3v) is 2.97. The van der Waals surface area contributed by atoms with Gasteiger partial charge >= 0.3 is 0 Å². The van der Waals surface area contributed by atoms with Crippen molar-refractivity contribution < 1.29 is 0 Å². The lowest BCUT2D eigenvalue weighted by Gasteiger charge is -2.18. The highest BCUT2D eigenvalue weighted by Crippen LogP contribution is 2.17. The minimum Gasteiger partial charge on any atom is -0.370 e. The third kappa shape index (κ3) is 4.55. The van der Waals surface area contributed by atoms with E-state index in [9.17, 15) is 0 Å². The second-order valence-electron chi connectivity index (χ2n) is 4.80. The molecular formula is C14H21N7. The predicted octanol–water partition coefficient (Wildman–Crippen LogP) is 1.70. The van der Waals surface area contributed by atoms with Crippen LogP contribution in [0.2, 0.25) is 0 Å². The molecule has 2 aromatic rings. The predicted molar refractivity (Wildman–Crippen MR) is 84.0 cm³/mol. The van der Waals surface area contributed by atoms with Crippen molar-refractivity contribution in [3.05, 3.63) is 30.4 Å². The molecule has 2 heterocycles. The molecule has 7 heteroatoms. The van der Waals surface area contributed by atoms with Gasteiger partial charge < -0.3 is 16.0 Å². The Kier molecular flexibility index (Phi) is 5.25. The maximum absolute atomic E-state index is 5.78. The van der Waals surface area contributed by atoms with Crippen LogP contribution in [0.4, 0.5) is 17.6 Å². The summed E-state index contributed by atoms with van der Waals surface area (Å²) >= 11 is 0. The second-order valence-corrected chi connectivity index (χ2v) is 4.80. The molecule has 0 spiro atoms. The molecule has 2 aromatic heterocycles. The number of nitrogens with two attached hydrogens (primary N) is 1. The Morgan fingerprint density at radius 1 is 1.29 bits per heavy atom. The van der Waals surface area contributed by atoms with Gasteiger partial charge in [0.05, 0.1) is 18.4 Å². The van der Waals surface area contributed by atoms with Crippen LogP contribution in [0.3, 0.4) is 0 Å². The van der Waals surface area contributed by atoms with Crippen LogP contribution in [-0.4, -0.2) is 33.5 Å². The Balaban J connectivity index is 2.07. The van der Waals surface area contributed by atoms with E-state index in [0.717, 1.165) is 36.7 Å². The fraction of sp³-hybridized carbons (Fsp3) is 0.429. The minimum atomic E-state index is 0.262. The zero-order valence-electron chi connectivity index (χ0n) is 12.5. The molecule has 0 fully saturated rings. The van der Waals surface area contributed by atoms with Gasteiger partial charge in [0.25, 0.3) is 0 Å². The molecule has 0 unspecified atom stereocenters. The van der Waals surface area contributed by atoms with E-state index in [2.05, 4.69) is 32.2 Å². The first kappa shape index (κ1) is 15.0. The number of hydrogen-bond acceptors (Lipinski definition) is 7. The van der Waals surface area contributed by atoms with Gasteiger partial charge in [-0.25, -0.2) is 0 Å². The topological polar surface area (TPSA) is 92.8 Å². The molecule has 0 bridgehead atoms. The molecule has 21 heavy (non-hydrogen) atoms. The van der Waals surface area contributed by atoms with Crippen molar-refractivity contribution in [2.24, 2.45) is 0 Å². The van der Waals surface area contributed by atoms with Gasteiger partial charge in [0.1, 0.15) is 11.6 Å². The lowest BCUT2D eigenvalue weighted by Crippen LogP contribution is -2.20.